The Hall–Kier alpha value is -2.61. The number of nitrogens with zero attached hydrogens (tertiary/aromatic N) is 1. The van der Waals surface area contributed by atoms with E-state index in [4.69, 9.17) is 4.74 Å². The Kier molecular flexibility index (Phi) is 6.14. The van der Waals surface area contributed by atoms with Crippen LogP contribution in [0.5, 0.6) is 0 Å². The zero-order valence-electron chi connectivity index (χ0n) is 13.5. The Balaban J connectivity index is 2.34. The van der Waals surface area contributed by atoms with Crippen molar-refractivity contribution in [2.75, 3.05) is 50.7 Å². The molecule has 1 saturated heterocycles. The number of ether oxygens (including phenoxy) is 3. The quantitative estimate of drug-likeness (QED) is 0.640. The van der Waals surface area contributed by atoms with Gasteiger partial charge in [-0.3, -0.25) is 0 Å². The summed E-state index contributed by atoms with van der Waals surface area (Å²) in [6.07, 6.45) is 0.958. The molecule has 0 bridgehead atoms. The molecular weight excluding hydrogens is 319 g/mol. The van der Waals surface area contributed by atoms with E-state index in [0.717, 1.165) is 6.08 Å². The van der Waals surface area contributed by atoms with Crippen LogP contribution in [0.1, 0.15) is 0 Å². The van der Waals surface area contributed by atoms with Crippen molar-refractivity contribution in [2.24, 2.45) is 0 Å². The van der Waals surface area contributed by atoms with Gasteiger partial charge in [0, 0.05) is 13.1 Å². The molecule has 2 rings (SSSR count). The fourth-order valence-electron chi connectivity index (χ4n) is 2.27. The van der Waals surface area contributed by atoms with E-state index in [9.17, 15) is 14.0 Å². The van der Waals surface area contributed by atoms with Crippen molar-refractivity contribution in [3.8, 4) is 0 Å². The molecule has 1 heterocycles. The van der Waals surface area contributed by atoms with Gasteiger partial charge < -0.3 is 24.4 Å². The number of rotatable bonds is 5. The zero-order chi connectivity index (χ0) is 17.5. The third-order valence-corrected chi connectivity index (χ3v) is 3.45. The molecule has 7 nitrogen and oxygen atoms in total. The SMILES string of the molecule is COC(=O)/C=C(/Nc1cc(F)ccc1N1CCOCC1)C(=O)OC. The molecule has 1 N–H and O–H groups in total. The first kappa shape index (κ1) is 17.7. The molecule has 0 spiro atoms. The van der Waals surface area contributed by atoms with E-state index >= 15 is 0 Å². The van der Waals surface area contributed by atoms with Crippen molar-refractivity contribution in [1.29, 1.82) is 0 Å². The lowest BCUT2D eigenvalue weighted by molar-refractivity contribution is -0.138. The van der Waals surface area contributed by atoms with Gasteiger partial charge in [-0.15, -0.1) is 0 Å². The Labute approximate surface area is 139 Å². The second kappa shape index (κ2) is 8.30. The first-order valence-corrected chi connectivity index (χ1v) is 7.32. The number of nitrogens with one attached hydrogen (secondary N) is 1. The molecule has 8 heteroatoms. The Bertz CT molecular complexity index is 641. The Morgan fingerprint density at radius 1 is 1.25 bits per heavy atom. The Morgan fingerprint density at radius 3 is 2.58 bits per heavy atom. The molecule has 0 atom stereocenters. The van der Waals surface area contributed by atoms with Crippen molar-refractivity contribution >= 4 is 23.3 Å². The van der Waals surface area contributed by atoms with Gasteiger partial charge in [-0.2, -0.15) is 0 Å². The standard InChI is InChI=1S/C16H19FN2O5/c1-22-15(20)10-13(16(21)23-2)18-12-9-11(17)3-4-14(12)19-5-7-24-8-6-19/h3-4,9-10,18H,5-8H2,1-2H3/b13-10+. The predicted molar refractivity (Wildman–Crippen MR) is 85.2 cm³/mol. The number of halogens is 1. The number of hydrogen-bond donors (Lipinski definition) is 1. The van der Waals surface area contributed by atoms with Crippen molar-refractivity contribution in [3.63, 3.8) is 0 Å². The molecule has 0 saturated carbocycles. The number of hydrogen-bond acceptors (Lipinski definition) is 7. The van der Waals surface area contributed by atoms with E-state index < -0.39 is 17.8 Å². The van der Waals surface area contributed by atoms with Crippen LogP contribution in [0, 0.1) is 5.82 Å². The largest absolute Gasteiger partial charge is 0.466 e. The average molecular weight is 338 g/mol. The number of anilines is 2. The fourth-order valence-corrected chi connectivity index (χ4v) is 2.27. The maximum Gasteiger partial charge on any atom is 0.354 e. The van der Waals surface area contributed by atoms with Crippen molar-refractivity contribution in [2.45, 2.75) is 0 Å². The highest BCUT2D eigenvalue weighted by atomic mass is 19.1. The number of carbonyl (C=O) groups is 2. The van der Waals surface area contributed by atoms with Crippen LogP contribution >= 0.6 is 0 Å². The molecule has 1 aliphatic rings. The van der Waals surface area contributed by atoms with Gasteiger partial charge in [0.05, 0.1) is 44.9 Å². The molecule has 0 radical (unpaired) electrons. The van der Waals surface area contributed by atoms with E-state index in [2.05, 4.69) is 14.8 Å². The van der Waals surface area contributed by atoms with Gasteiger partial charge in [-0.25, -0.2) is 14.0 Å². The summed E-state index contributed by atoms with van der Waals surface area (Å²) in [6.45, 7) is 2.38. The van der Waals surface area contributed by atoms with E-state index in [-0.39, 0.29) is 5.70 Å². The van der Waals surface area contributed by atoms with E-state index in [0.29, 0.717) is 37.7 Å². The van der Waals surface area contributed by atoms with Crippen LogP contribution in [0.25, 0.3) is 0 Å². The second-order valence-electron chi connectivity index (χ2n) is 4.96. The minimum atomic E-state index is -0.766. The lowest BCUT2D eigenvalue weighted by atomic mass is 10.2. The molecule has 1 aromatic carbocycles. The molecule has 0 amide bonds. The van der Waals surface area contributed by atoms with Crippen LogP contribution in [0.4, 0.5) is 15.8 Å². The van der Waals surface area contributed by atoms with E-state index in [1.807, 2.05) is 4.90 Å². The highest BCUT2D eigenvalue weighted by Gasteiger charge is 2.19. The monoisotopic (exact) mass is 338 g/mol. The number of benzene rings is 1. The number of methoxy groups -OCH3 is 2. The van der Waals surface area contributed by atoms with Gasteiger partial charge in [-0.05, 0) is 18.2 Å². The van der Waals surface area contributed by atoms with E-state index in [1.165, 1.54) is 26.4 Å². The molecule has 24 heavy (non-hydrogen) atoms. The van der Waals surface area contributed by atoms with Crippen molar-refractivity contribution in [1.82, 2.24) is 0 Å². The second-order valence-corrected chi connectivity index (χ2v) is 4.96. The van der Waals surface area contributed by atoms with E-state index in [1.54, 1.807) is 6.07 Å². The van der Waals surface area contributed by atoms with Crippen molar-refractivity contribution in [3.05, 3.63) is 35.8 Å². The first-order valence-electron chi connectivity index (χ1n) is 7.32. The van der Waals surface area contributed by atoms with Crippen LogP contribution in [0.3, 0.4) is 0 Å². The van der Waals surface area contributed by atoms with Crippen molar-refractivity contribution < 1.29 is 28.2 Å². The minimum absolute atomic E-state index is 0.149. The van der Waals surface area contributed by atoms with Crippen LogP contribution in [-0.2, 0) is 23.8 Å². The Morgan fingerprint density at radius 2 is 1.96 bits per heavy atom. The van der Waals surface area contributed by atoms with Gasteiger partial charge in [0.25, 0.3) is 0 Å². The summed E-state index contributed by atoms with van der Waals surface area (Å²) in [7, 11) is 2.37. The van der Waals surface area contributed by atoms with Crippen LogP contribution in [-0.4, -0.2) is 52.5 Å². The van der Waals surface area contributed by atoms with Crippen LogP contribution in [0.15, 0.2) is 30.0 Å². The fraction of sp³-hybridized carbons (Fsp3) is 0.375. The van der Waals surface area contributed by atoms with Gasteiger partial charge >= 0.3 is 11.9 Å². The smallest absolute Gasteiger partial charge is 0.354 e. The normalized spacial score (nSPS) is 15.0. The lowest BCUT2D eigenvalue weighted by Gasteiger charge is -2.30. The summed E-state index contributed by atoms with van der Waals surface area (Å²) in [6, 6.07) is 4.19. The summed E-state index contributed by atoms with van der Waals surface area (Å²) in [5, 5.41) is 2.76. The van der Waals surface area contributed by atoms with Gasteiger partial charge in [0.15, 0.2) is 0 Å². The van der Waals surface area contributed by atoms with Gasteiger partial charge in [0.2, 0.25) is 0 Å². The highest BCUT2D eigenvalue weighted by molar-refractivity contribution is 5.99. The number of esters is 2. The minimum Gasteiger partial charge on any atom is -0.466 e. The summed E-state index contributed by atoms with van der Waals surface area (Å²) in [5.74, 6) is -1.97. The lowest BCUT2D eigenvalue weighted by Crippen LogP contribution is -2.36. The molecule has 1 fully saturated rings. The predicted octanol–water partition coefficient (Wildman–Crippen LogP) is 1.30. The maximum absolute atomic E-state index is 13.7. The molecule has 1 aromatic rings. The summed E-state index contributed by atoms with van der Waals surface area (Å²) < 4.78 is 28.1. The maximum atomic E-state index is 13.7. The topological polar surface area (TPSA) is 77.1 Å². The molecule has 0 aromatic heterocycles. The third kappa shape index (κ3) is 4.45. The molecule has 0 unspecified atom stereocenters. The average Bonchev–Trinajstić information content (AvgIpc) is 2.61. The zero-order valence-corrected chi connectivity index (χ0v) is 13.5. The summed E-state index contributed by atoms with van der Waals surface area (Å²) in [4.78, 5) is 25.3. The van der Waals surface area contributed by atoms with Gasteiger partial charge in [0.1, 0.15) is 11.5 Å². The third-order valence-electron chi connectivity index (χ3n) is 3.45. The molecule has 130 valence electrons. The highest BCUT2D eigenvalue weighted by Crippen LogP contribution is 2.29. The summed E-state index contributed by atoms with van der Waals surface area (Å²) >= 11 is 0. The molecule has 0 aliphatic carbocycles. The molecular formula is C16H19FN2O5. The first-order chi connectivity index (χ1) is 11.5. The van der Waals surface area contributed by atoms with Crippen LogP contribution in [0.2, 0.25) is 0 Å². The summed E-state index contributed by atoms with van der Waals surface area (Å²) in [5.41, 5.74) is 0.890. The number of carbonyl (C=O) groups excluding carboxylic acids is 2. The number of morpholine rings is 1. The van der Waals surface area contributed by atoms with Gasteiger partial charge in [-0.1, -0.05) is 0 Å². The molecule has 1 aliphatic heterocycles. The van der Waals surface area contributed by atoms with Crippen LogP contribution < -0.4 is 10.2 Å².